The molecular weight excluding hydrogens is 1630 g/mol. The minimum Gasteiger partial charge on any atom is -0.618 e. The van der Waals surface area contributed by atoms with Gasteiger partial charge < -0.3 is 19.4 Å². The Hall–Kier alpha value is -11.1. The minimum atomic E-state index is -0.0665. The van der Waals surface area contributed by atoms with E-state index >= 15 is 0 Å². The molecule has 14 rings (SSSR count). The highest BCUT2D eigenvalue weighted by molar-refractivity contribution is 5.82. The van der Waals surface area contributed by atoms with Crippen LogP contribution in [-0.4, -0.2) is 106 Å². The van der Waals surface area contributed by atoms with Crippen LogP contribution in [0.25, 0.3) is 10.9 Å². The zero-order chi connectivity index (χ0) is 100. The van der Waals surface area contributed by atoms with E-state index in [-0.39, 0.29) is 59.6 Å². The highest BCUT2D eigenvalue weighted by Crippen LogP contribution is 2.31. The Morgan fingerprint density at radius 1 is 0.371 bits per heavy atom. The molecule has 20 heteroatoms. The maximum Gasteiger partial charge on any atom is 0.198 e. The molecule has 0 saturated carbocycles. The molecule has 1 fully saturated rings. The van der Waals surface area contributed by atoms with Crippen molar-refractivity contribution in [2.45, 2.75) is 328 Å². The molecule has 1 aliphatic rings. The Kier molecular flexibility index (Phi) is 44.6. The SMILES string of the molecule is CC(C)(C)c1ccc(N2CCOCC2)nc1.CC(C)(C)c1cccc[n+]1[O-].CC(C)(C)c1ccccc1.CC(C)(C)c1ccccn1.CC(C)(C)c1ccn[nH]1.CC(C)(C)c1ccncn1.CC(C)(C)c1cnccn1.CC(C)(C)c1ncccn1.Cc1cccc(C(C)(C)C)n1.Cc1ccncc1C(C)(C)C.Cn1ccnc1C(C)(C)C.Cn1nc(C(C)(C)C)c2ccccc21. The molecule has 0 amide bonds. The van der Waals surface area contributed by atoms with Crippen LogP contribution in [-0.2, 0) is 83.8 Å². The molecule has 11 aromatic heterocycles. The maximum atomic E-state index is 11.2. The van der Waals surface area contributed by atoms with Crippen LogP contribution in [0.3, 0.4) is 0 Å². The van der Waals surface area contributed by atoms with Crippen LogP contribution in [0.15, 0.2) is 239 Å². The molecule has 20 nitrogen and oxygen atoms in total. The summed E-state index contributed by atoms with van der Waals surface area (Å²) in [5.74, 6) is 3.10. The van der Waals surface area contributed by atoms with Crippen molar-refractivity contribution in [3.63, 3.8) is 0 Å². The van der Waals surface area contributed by atoms with E-state index < -0.39 is 0 Å². The summed E-state index contributed by atoms with van der Waals surface area (Å²) in [5.41, 5.74) is 17.0. The predicted octanol–water partition coefficient (Wildman–Crippen LogP) is 26.2. The van der Waals surface area contributed by atoms with E-state index in [4.69, 9.17) is 4.74 Å². The molecule has 0 atom stereocenters. The topological polar surface area (TPSA) is 233 Å². The number of imidazole rings is 1. The van der Waals surface area contributed by atoms with Crippen molar-refractivity contribution >= 4 is 16.7 Å². The van der Waals surface area contributed by atoms with E-state index in [0.717, 1.165) is 82.7 Å². The third-order valence-corrected chi connectivity index (χ3v) is 20.3. The molecule has 0 unspecified atom stereocenters. The van der Waals surface area contributed by atoms with Crippen molar-refractivity contribution in [2.24, 2.45) is 14.1 Å². The number of hydrogen-bond donors (Lipinski definition) is 1. The summed E-state index contributed by atoms with van der Waals surface area (Å²) in [6, 6.07) is 48.7. The summed E-state index contributed by atoms with van der Waals surface area (Å²) < 4.78 is 10.3. The molecule has 2 aromatic carbocycles. The standard InChI is InChI=1S/C13H20N2O.C12H16N2.2C10H15N.C10H14.C9H13NO.C9H13N.C8H14N2.3C8H12N2.C7H12N2/c1-13(2,3)11-4-5-12(14-10-11)15-6-8-16-9-7-15;1-12(2,3)11-9-7-5-6-8-10(9)14(4)13-11;1-8-5-6-11-7-9(8)10(2,3)4;1-8-6-5-7-9(11-8)10(2,3)4;1-10(2,3)9-7-5-4-6-8-9;1-9(2,3)8-6-4-5-7-10(8)11;1-9(2,3)8-6-4-5-7-10-8;1-8(2,3)7-9-5-6-10(7)4;1-8(2,3)7-6-9-4-5-10-7;1-8(2,3)7-4-5-9-6-10-7;1-8(2,3)7-9-5-4-6-10-7;1-7(2,3)6-4-5-8-9-6/h4-5,10H,6-9H2,1-3H3;5-8H,1-4H3;2*5-7H,1-4H3;4-8H,1-3H3;4-7H,1-3H3;4-7H,1-3H3;5-6H,1-4H3;3*4-6H,1-3H3;4-5H,1-3H3,(H,8,9). The number of pyridine rings is 5. The van der Waals surface area contributed by atoms with E-state index in [0.29, 0.717) is 5.41 Å². The minimum absolute atomic E-state index is 0.0665. The molecule has 12 heterocycles. The number of nitrogens with zero attached hydrogens (tertiary/aromatic N) is 17. The number of para-hydroxylation sites is 1. The van der Waals surface area contributed by atoms with E-state index in [2.05, 4.69) is 406 Å². The van der Waals surface area contributed by atoms with Crippen LogP contribution in [0, 0.1) is 19.1 Å². The number of ether oxygens (including phenoxy) is 1. The number of anilines is 1. The fourth-order valence-corrected chi connectivity index (χ4v) is 12.4. The maximum absolute atomic E-state index is 11.2. The van der Waals surface area contributed by atoms with Gasteiger partial charge in [0.25, 0.3) is 0 Å². The first-order chi connectivity index (χ1) is 60.7. The van der Waals surface area contributed by atoms with Gasteiger partial charge >= 0.3 is 0 Å². The number of morpholine rings is 1. The van der Waals surface area contributed by atoms with Crippen LogP contribution in [0.2, 0.25) is 0 Å². The molecule has 0 radical (unpaired) electrons. The second-order valence-corrected chi connectivity index (χ2v) is 45.4. The first-order valence-corrected chi connectivity index (χ1v) is 46.3. The van der Waals surface area contributed by atoms with Gasteiger partial charge in [-0.3, -0.25) is 34.7 Å². The highest BCUT2D eigenvalue weighted by atomic mass is 16.5. The lowest BCUT2D eigenvalue weighted by molar-refractivity contribution is -0.617. The second-order valence-electron chi connectivity index (χ2n) is 45.4. The van der Waals surface area contributed by atoms with Gasteiger partial charge in [-0.1, -0.05) is 316 Å². The van der Waals surface area contributed by atoms with Gasteiger partial charge in [0, 0.05) is 202 Å². The second kappa shape index (κ2) is 51.2. The number of nitrogens with one attached hydrogen (secondary N) is 1. The molecule has 0 spiro atoms. The molecule has 1 saturated heterocycles. The van der Waals surface area contributed by atoms with Crippen molar-refractivity contribution in [2.75, 3.05) is 31.2 Å². The largest absolute Gasteiger partial charge is 0.618 e. The Labute approximate surface area is 797 Å². The Morgan fingerprint density at radius 3 is 1.27 bits per heavy atom. The van der Waals surface area contributed by atoms with Gasteiger partial charge in [-0.05, 0) is 119 Å². The van der Waals surface area contributed by atoms with Gasteiger partial charge in [0.1, 0.15) is 23.8 Å². The number of benzene rings is 2. The lowest BCUT2D eigenvalue weighted by Crippen LogP contribution is -2.37. The average Bonchev–Trinajstić information content (AvgIpc) is 1.64. The summed E-state index contributed by atoms with van der Waals surface area (Å²) in [6.07, 6.45) is 26.8. The number of fused-ring (bicyclic) bond motifs is 1. The monoisotopic (exact) mass is 1800 g/mol. The van der Waals surface area contributed by atoms with E-state index in [1.165, 1.54) is 50.7 Å². The van der Waals surface area contributed by atoms with Crippen LogP contribution in [0.4, 0.5) is 5.82 Å². The van der Waals surface area contributed by atoms with Crippen LogP contribution >= 0.6 is 0 Å². The number of H-pyrrole nitrogens is 1. The number of aryl methyl sites for hydroxylation is 4. The molecule has 0 bridgehead atoms. The third-order valence-electron chi connectivity index (χ3n) is 20.3. The quantitative estimate of drug-likeness (QED) is 0.119. The Morgan fingerprint density at radius 2 is 0.909 bits per heavy atom. The van der Waals surface area contributed by atoms with Crippen molar-refractivity contribution in [3.8, 4) is 0 Å². The fraction of sp³-hybridized carbons (Fsp3) is 0.500. The molecule has 1 N–H and O–H groups in total. The van der Waals surface area contributed by atoms with Crippen LogP contribution in [0.5, 0.6) is 0 Å². The summed E-state index contributed by atoms with van der Waals surface area (Å²) in [5, 5.41) is 23.8. The Balaban J connectivity index is 0.000000372. The van der Waals surface area contributed by atoms with Gasteiger partial charge in [0.15, 0.2) is 11.9 Å². The summed E-state index contributed by atoms with van der Waals surface area (Å²) in [4.78, 5) is 48.3. The number of rotatable bonds is 1. The first-order valence-electron chi connectivity index (χ1n) is 46.3. The summed E-state index contributed by atoms with van der Waals surface area (Å²) >= 11 is 0. The van der Waals surface area contributed by atoms with Crippen molar-refractivity contribution in [1.82, 2.24) is 79.4 Å². The van der Waals surface area contributed by atoms with Crippen molar-refractivity contribution < 1.29 is 9.47 Å². The van der Waals surface area contributed by atoms with Gasteiger partial charge in [-0.2, -0.15) is 14.9 Å². The Bertz CT molecular complexity index is 4950. The molecule has 1 aliphatic heterocycles. The van der Waals surface area contributed by atoms with E-state index in [1.807, 2.05) is 132 Å². The fourth-order valence-electron chi connectivity index (χ4n) is 12.4. The summed E-state index contributed by atoms with van der Waals surface area (Å²) in [7, 11) is 4.02. The predicted molar refractivity (Wildman–Crippen MR) is 554 cm³/mol. The summed E-state index contributed by atoms with van der Waals surface area (Å²) in [6.45, 7) is 85.3. The number of aromatic amines is 1. The zero-order valence-electron chi connectivity index (χ0n) is 88.8. The number of hydrogen-bond acceptors (Lipinski definition) is 16. The molecule has 132 heavy (non-hydrogen) atoms. The first kappa shape index (κ1) is 115. The van der Waals surface area contributed by atoms with Crippen LogP contribution < -0.4 is 9.63 Å². The van der Waals surface area contributed by atoms with Gasteiger partial charge in [-0.25, -0.2) is 29.9 Å². The molecular formula is C112H168N18O2. The average molecular weight is 1800 g/mol. The van der Waals surface area contributed by atoms with Gasteiger partial charge in [-0.15, -0.1) is 0 Å². The van der Waals surface area contributed by atoms with Crippen LogP contribution in [0.1, 0.15) is 329 Å². The van der Waals surface area contributed by atoms with E-state index in [1.54, 1.807) is 55.8 Å². The van der Waals surface area contributed by atoms with Gasteiger partial charge in [0.2, 0.25) is 0 Å². The normalized spacial score (nSPS) is 12.4. The van der Waals surface area contributed by atoms with Crippen molar-refractivity contribution in [1.29, 1.82) is 0 Å². The lowest BCUT2D eigenvalue weighted by atomic mass is 9.86. The highest BCUT2D eigenvalue weighted by Gasteiger charge is 2.26. The molecule has 13 aromatic rings. The lowest BCUT2D eigenvalue weighted by Gasteiger charge is -2.28. The van der Waals surface area contributed by atoms with E-state index in [9.17, 15) is 5.21 Å². The zero-order valence-corrected chi connectivity index (χ0v) is 88.8. The number of aromatic nitrogens is 17. The third kappa shape index (κ3) is 43.5. The molecule has 718 valence electrons. The smallest absolute Gasteiger partial charge is 0.198 e. The van der Waals surface area contributed by atoms with Crippen molar-refractivity contribution in [3.05, 3.63) is 323 Å². The molecule has 0 aliphatic carbocycles. The van der Waals surface area contributed by atoms with Gasteiger partial charge in [0.05, 0.1) is 30.1 Å².